The van der Waals surface area contributed by atoms with E-state index in [1.165, 1.54) is 12.1 Å². The van der Waals surface area contributed by atoms with Gasteiger partial charge < -0.3 is 4.79 Å². The standard InChI is InChI=1S/C12H13FO/c1-12(2,9-14)8-7-10-3-5-11(13)6-4-10/h3-9H,1-2H3/b8-7+. The minimum absolute atomic E-state index is 0.253. The molecule has 14 heavy (non-hydrogen) atoms. The van der Waals surface area contributed by atoms with Crippen LogP contribution in [0.25, 0.3) is 6.08 Å². The number of rotatable bonds is 3. The molecule has 0 saturated carbocycles. The summed E-state index contributed by atoms with van der Waals surface area (Å²) in [7, 11) is 0. The number of carbonyl (C=O) groups is 1. The van der Waals surface area contributed by atoms with Crippen molar-refractivity contribution in [3.05, 3.63) is 41.7 Å². The summed E-state index contributed by atoms with van der Waals surface area (Å²) in [6, 6.07) is 6.14. The zero-order valence-corrected chi connectivity index (χ0v) is 8.33. The highest BCUT2D eigenvalue weighted by atomic mass is 19.1. The first-order chi connectivity index (χ1) is 6.53. The maximum Gasteiger partial charge on any atom is 0.129 e. The van der Waals surface area contributed by atoms with E-state index in [-0.39, 0.29) is 5.82 Å². The molecule has 0 aliphatic rings. The quantitative estimate of drug-likeness (QED) is 0.672. The number of halogens is 1. The highest BCUT2D eigenvalue weighted by molar-refractivity contribution is 5.65. The Hall–Kier alpha value is -1.44. The summed E-state index contributed by atoms with van der Waals surface area (Å²) < 4.78 is 12.5. The summed E-state index contributed by atoms with van der Waals surface area (Å²) in [6.07, 6.45) is 4.49. The normalized spacial score (nSPS) is 11.9. The molecule has 0 bridgehead atoms. The monoisotopic (exact) mass is 192 g/mol. The first kappa shape index (κ1) is 10.6. The van der Waals surface area contributed by atoms with Gasteiger partial charge in [-0.05, 0) is 31.5 Å². The lowest BCUT2D eigenvalue weighted by molar-refractivity contribution is -0.112. The molecule has 0 spiro atoms. The van der Waals surface area contributed by atoms with Crippen LogP contribution < -0.4 is 0 Å². The van der Waals surface area contributed by atoms with Crippen molar-refractivity contribution in [2.75, 3.05) is 0 Å². The topological polar surface area (TPSA) is 17.1 Å². The van der Waals surface area contributed by atoms with Gasteiger partial charge in [0.25, 0.3) is 0 Å². The molecule has 2 heteroatoms. The molecule has 0 N–H and O–H groups in total. The third-order valence-electron chi connectivity index (χ3n) is 1.88. The van der Waals surface area contributed by atoms with Gasteiger partial charge in [0.1, 0.15) is 12.1 Å². The van der Waals surface area contributed by atoms with Crippen molar-refractivity contribution in [1.29, 1.82) is 0 Å². The van der Waals surface area contributed by atoms with Gasteiger partial charge in [-0.1, -0.05) is 24.3 Å². The first-order valence-corrected chi connectivity index (χ1v) is 4.45. The van der Waals surface area contributed by atoms with E-state index in [1.54, 1.807) is 18.2 Å². The zero-order chi connectivity index (χ0) is 10.6. The smallest absolute Gasteiger partial charge is 0.129 e. The number of hydrogen-bond donors (Lipinski definition) is 0. The van der Waals surface area contributed by atoms with E-state index in [9.17, 15) is 9.18 Å². The summed E-state index contributed by atoms with van der Waals surface area (Å²) >= 11 is 0. The number of allylic oxidation sites excluding steroid dienone is 1. The molecule has 0 saturated heterocycles. The van der Waals surface area contributed by atoms with Crippen LogP contribution in [0.1, 0.15) is 19.4 Å². The second kappa shape index (κ2) is 4.18. The minimum atomic E-state index is -0.464. The first-order valence-electron chi connectivity index (χ1n) is 4.45. The Morgan fingerprint density at radius 3 is 2.29 bits per heavy atom. The molecule has 0 amide bonds. The lowest BCUT2D eigenvalue weighted by Gasteiger charge is -2.09. The van der Waals surface area contributed by atoms with Gasteiger partial charge in [-0.15, -0.1) is 0 Å². The SMILES string of the molecule is CC(C)(C=O)/C=C/c1ccc(F)cc1. The largest absolute Gasteiger partial charge is 0.302 e. The Kier molecular flexibility index (Phi) is 3.18. The van der Waals surface area contributed by atoms with Crippen LogP contribution in [0.3, 0.4) is 0 Å². The third-order valence-corrected chi connectivity index (χ3v) is 1.88. The molecule has 0 aliphatic heterocycles. The number of hydrogen-bond acceptors (Lipinski definition) is 1. The molecule has 0 aromatic heterocycles. The highest BCUT2D eigenvalue weighted by Crippen LogP contribution is 2.15. The Balaban J connectivity index is 2.78. The van der Waals surface area contributed by atoms with Crippen LogP contribution in [0.15, 0.2) is 30.3 Å². The maximum absolute atomic E-state index is 12.5. The van der Waals surface area contributed by atoms with Gasteiger partial charge in [-0.2, -0.15) is 0 Å². The molecule has 0 heterocycles. The van der Waals surface area contributed by atoms with Crippen molar-refractivity contribution in [1.82, 2.24) is 0 Å². The molecule has 1 aromatic carbocycles. The summed E-state index contributed by atoms with van der Waals surface area (Å²) in [5.74, 6) is -0.253. The van der Waals surface area contributed by atoms with Gasteiger partial charge in [-0.25, -0.2) is 4.39 Å². The fourth-order valence-electron chi connectivity index (χ4n) is 0.924. The predicted molar refractivity (Wildman–Crippen MR) is 55.3 cm³/mol. The number of aldehydes is 1. The summed E-state index contributed by atoms with van der Waals surface area (Å²) in [5.41, 5.74) is 0.426. The molecule has 1 nitrogen and oxygen atoms in total. The molecular formula is C12H13FO. The molecule has 0 fully saturated rings. The average molecular weight is 192 g/mol. The summed E-state index contributed by atoms with van der Waals surface area (Å²) in [4.78, 5) is 10.6. The van der Waals surface area contributed by atoms with Crippen LogP contribution in [-0.4, -0.2) is 6.29 Å². The van der Waals surface area contributed by atoms with E-state index in [0.717, 1.165) is 11.8 Å². The molecule has 0 unspecified atom stereocenters. The van der Waals surface area contributed by atoms with Crippen LogP contribution in [-0.2, 0) is 4.79 Å². The lowest BCUT2D eigenvalue weighted by Crippen LogP contribution is -2.07. The van der Waals surface area contributed by atoms with Gasteiger partial charge in [0.2, 0.25) is 0 Å². The van der Waals surface area contributed by atoms with Crippen LogP contribution in [0.4, 0.5) is 4.39 Å². The molecule has 74 valence electrons. The average Bonchev–Trinajstić information content (AvgIpc) is 2.17. The molecule has 0 atom stereocenters. The van der Waals surface area contributed by atoms with Gasteiger partial charge in [-0.3, -0.25) is 0 Å². The van der Waals surface area contributed by atoms with E-state index in [2.05, 4.69) is 0 Å². The molecule has 0 aliphatic carbocycles. The van der Waals surface area contributed by atoms with E-state index in [4.69, 9.17) is 0 Å². The van der Waals surface area contributed by atoms with Crippen LogP contribution in [0.2, 0.25) is 0 Å². The van der Waals surface area contributed by atoms with Crippen LogP contribution in [0, 0.1) is 11.2 Å². The van der Waals surface area contributed by atoms with E-state index < -0.39 is 5.41 Å². The fraction of sp³-hybridized carbons (Fsp3) is 0.250. The van der Waals surface area contributed by atoms with Crippen molar-refractivity contribution >= 4 is 12.4 Å². The molecule has 0 radical (unpaired) electrons. The van der Waals surface area contributed by atoms with Gasteiger partial charge >= 0.3 is 0 Å². The van der Waals surface area contributed by atoms with Crippen molar-refractivity contribution < 1.29 is 9.18 Å². The Bertz CT molecular complexity index is 336. The fourth-order valence-corrected chi connectivity index (χ4v) is 0.924. The number of benzene rings is 1. The van der Waals surface area contributed by atoms with Crippen molar-refractivity contribution in [3.63, 3.8) is 0 Å². The van der Waals surface area contributed by atoms with Crippen molar-refractivity contribution in [2.24, 2.45) is 5.41 Å². The van der Waals surface area contributed by atoms with E-state index in [0.29, 0.717) is 0 Å². The van der Waals surface area contributed by atoms with E-state index >= 15 is 0 Å². The summed E-state index contributed by atoms with van der Waals surface area (Å²) in [5, 5.41) is 0. The van der Waals surface area contributed by atoms with Crippen LogP contribution in [0.5, 0.6) is 0 Å². The predicted octanol–water partition coefficient (Wildman–Crippen LogP) is 3.06. The number of carbonyl (C=O) groups excluding carboxylic acids is 1. The maximum atomic E-state index is 12.5. The van der Waals surface area contributed by atoms with Gasteiger partial charge in [0, 0.05) is 5.41 Å². The lowest BCUT2D eigenvalue weighted by atomic mass is 9.94. The van der Waals surface area contributed by atoms with Gasteiger partial charge in [0.05, 0.1) is 0 Å². The van der Waals surface area contributed by atoms with Crippen molar-refractivity contribution in [3.8, 4) is 0 Å². The van der Waals surface area contributed by atoms with E-state index in [1.807, 2.05) is 19.9 Å². The highest BCUT2D eigenvalue weighted by Gasteiger charge is 2.10. The third kappa shape index (κ3) is 3.13. The van der Waals surface area contributed by atoms with Crippen LogP contribution >= 0.6 is 0 Å². The molecule has 1 aromatic rings. The second-order valence-corrected chi connectivity index (χ2v) is 3.82. The Labute approximate surface area is 83.3 Å². The Morgan fingerprint density at radius 2 is 1.79 bits per heavy atom. The molecule has 1 rings (SSSR count). The van der Waals surface area contributed by atoms with Crippen molar-refractivity contribution in [2.45, 2.75) is 13.8 Å². The molecular weight excluding hydrogens is 179 g/mol. The summed E-state index contributed by atoms with van der Waals surface area (Å²) in [6.45, 7) is 3.64. The Morgan fingerprint density at radius 1 is 1.21 bits per heavy atom. The van der Waals surface area contributed by atoms with Gasteiger partial charge in [0.15, 0.2) is 0 Å². The second-order valence-electron chi connectivity index (χ2n) is 3.82. The minimum Gasteiger partial charge on any atom is -0.302 e. The zero-order valence-electron chi connectivity index (χ0n) is 8.33.